The molecule has 0 saturated heterocycles. The second kappa shape index (κ2) is 8.59. The number of nitrogens with zero attached hydrogens (tertiary/aromatic N) is 5. The number of hydrogen-bond donors (Lipinski definition) is 2. The van der Waals surface area contributed by atoms with E-state index in [0.29, 0.717) is 11.7 Å². The topological polar surface area (TPSA) is 115 Å². The van der Waals surface area contributed by atoms with E-state index in [2.05, 4.69) is 21.5 Å². The molecule has 1 atom stereocenters. The van der Waals surface area contributed by atoms with Crippen molar-refractivity contribution in [2.45, 2.75) is 68.3 Å². The van der Waals surface area contributed by atoms with Crippen LogP contribution >= 0.6 is 0 Å². The highest BCUT2D eigenvalue weighted by Crippen LogP contribution is 2.39. The van der Waals surface area contributed by atoms with Gasteiger partial charge in [-0.2, -0.15) is 4.99 Å². The smallest absolute Gasteiger partial charge is 0.220 e. The summed E-state index contributed by atoms with van der Waals surface area (Å²) in [5.41, 5.74) is 13.6. The Morgan fingerprint density at radius 1 is 1.13 bits per heavy atom. The van der Waals surface area contributed by atoms with Crippen LogP contribution in [0.2, 0.25) is 0 Å². The lowest BCUT2D eigenvalue weighted by molar-refractivity contribution is 0.305. The Morgan fingerprint density at radius 3 is 2.57 bits per heavy atom. The summed E-state index contributed by atoms with van der Waals surface area (Å²) in [6.07, 6.45) is 9.72. The van der Waals surface area contributed by atoms with Gasteiger partial charge >= 0.3 is 0 Å². The van der Waals surface area contributed by atoms with Crippen molar-refractivity contribution in [3.63, 3.8) is 0 Å². The number of benzene rings is 1. The Kier molecular flexibility index (Phi) is 5.90. The predicted molar refractivity (Wildman–Crippen MR) is 121 cm³/mol. The third-order valence-electron chi connectivity index (χ3n) is 5.75. The summed E-state index contributed by atoms with van der Waals surface area (Å²) in [7, 11) is -1.16. The molecule has 4 N–H and O–H groups in total. The Morgan fingerprint density at radius 2 is 1.87 bits per heavy atom. The van der Waals surface area contributed by atoms with Crippen LogP contribution in [0.15, 0.2) is 51.7 Å². The van der Waals surface area contributed by atoms with Crippen molar-refractivity contribution in [1.82, 2.24) is 9.55 Å². The average molecular weight is 428 g/mol. The molecule has 2 aromatic rings. The molecule has 8 nitrogen and oxygen atoms in total. The molecule has 1 aliphatic carbocycles. The van der Waals surface area contributed by atoms with Crippen molar-refractivity contribution < 1.29 is 4.21 Å². The SMILES string of the molecule is CCCn1cncc1CS(=O)c1ccc(N2C(N)=NC(N)=NC23CCCCC3)cc1. The van der Waals surface area contributed by atoms with Gasteiger partial charge in [-0.3, -0.25) is 9.11 Å². The number of aliphatic imine (C=N–C) groups is 2. The first-order valence-electron chi connectivity index (χ1n) is 10.5. The summed E-state index contributed by atoms with van der Waals surface area (Å²) in [5, 5.41) is 0. The molecule has 1 fully saturated rings. The highest BCUT2D eigenvalue weighted by molar-refractivity contribution is 7.84. The number of aryl methyl sites for hydroxylation is 1. The van der Waals surface area contributed by atoms with Crippen molar-refractivity contribution in [3.8, 4) is 0 Å². The van der Waals surface area contributed by atoms with Crippen molar-refractivity contribution in [2.24, 2.45) is 21.5 Å². The Hall–Kier alpha value is -2.68. The number of hydrogen-bond acceptors (Lipinski definition) is 7. The van der Waals surface area contributed by atoms with Crippen molar-refractivity contribution in [1.29, 1.82) is 0 Å². The van der Waals surface area contributed by atoms with Crippen LogP contribution in [-0.4, -0.2) is 31.3 Å². The van der Waals surface area contributed by atoms with Crippen LogP contribution < -0.4 is 16.4 Å². The number of guanidine groups is 2. The molecule has 1 aromatic carbocycles. The highest BCUT2D eigenvalue weighted by atomic mass is 32.2. The Bertz CT molecular complexity index is 973. The quantitative estimate of drug-likeness (QED) is 0.735. The first kappa shape index (κ1) is 20.6. The van der Waals surface area contributed by atoms with Crippen molar-refractivity contribution in [2.75, 3.05) is 4.90 Å². The maximum absolute atomic E-state index is 12.9. The van der Waals surface area contributed by atoms with E-state index < -0.39 is 16.5 Å². The summed E-state index contributed by atoms with van der Waals surface area (Å²) in [6.45, 7) is 3.00. The second-order valence-corrected chi connectivity index (χ2v) is 9.33. The lowest BCUT2D eigenvalue weighted by Crippen LogP contribution is -2.58. The minimum Gasteiger partial charge on any atom is -0.369 e. The molecular formula is C21H29N7OS. The molecule has 9 heteroatoms. The van der Waals surface area contributed by atoms with Gasteiger partial charge in [-0.05, 0) is 56.4 Å². The van der Waals surface area contributed by atoms with Gasteiger partial charge in [0.15, 0.2) is 0 Å². The van der Waals surface area contributed by atoms with Crippen LogP contribution in [0.3, 0.4) is 0 Å². The van der Waals surface area contributed by atoms with Gasteiger partial charge in [0.25, 0.3) is 0 Å². The molecule has 30 heavy (non-hydrogen) atoms. The lowest BCUT2D eigenvalue weighted by atomic mass is 9.87. The number of imidazole rings is 1. The van der Waals surface area contributed by atoms with Crippen LogP contribution in [0.4, 0.5) is 5.69 Å². The molecule has 0 bridgehead atoms. The van der Waals surface area contributed by atoms with E-state index in [-0.39, 0.29) is 5.96 Å². The van der Waals surface area contributed by atoms with E-state index in [1.807, 2.05) is 29.2 Å². The zero-order chi connectivity index (χ0) is 21.1. The fourth-order valence-electron chi connectivity index (χ4n) is 4.37. The van der Waals surface area contributed by atoms with Crippen molar-refractivity contribution in [3.05, 3.63) is 42.5 Å². The van der Waals surface area contributed by atoms with Gasteiger partial charge in [0.1, 0.15) is 5.66 Å². The lowest BCUT2D eigenvalue weighted by Gasteiger charge is -2.45. The first-order chi connectivity index (χ1) is 14.5. The van der Waals surface area contributed by atoms with Gasteiger partial charge in [0.2, 0.25) is 11.9 Å². The standard InChI is InChI=1S/C21H29N7OS/c1-2-12-27-15-24-13-17(27)14-30(29)18-8-6-16(7-9-18)28-20(23)25-19(22)26-21(28)10-4-3-5-11-21/h6-9,13,15H,2-5,10-12,14H2,1H3,(H4,22,23,25,26). The third kappa shape index (κ3) is 3.98. The van der Waals surface area contributed by atoms with E-state index in [1.54, 1.807) is 12.5 Å². The van der Waals surface area contributed by atoms with Gasteiger partial charge in [-0.25, -0.2) is 9.98 Å². The molecule has 2 heterocycles. The summed E-state index contributed by atoms with van der Waals surface area (Å²) in [4.78, 5) is 15.9. The molecule has 4 rings (SSSR count). The van der Waals surface area contributed by atoms with E-state index in [0.717, 1.165) is 54.9 Å². The van der Waals surface area contributed by atoms with Crippen LogP contribution in [0.1, 0.15) is 51.1 Å². The Labute approximate surface area is 179 Å². The Balaban J connectivity index is 1.56. The van der Waals surface area contributed by atoms with E-state index in [4.69, 9.17) is 16.5 Å². The number of aromatic nitrogens is 2. The van der Waals surface area contributed by atoms with E-state index in [9.17, 15) is 4.21 Å². The summed E-state index contributed by atoms with van der Waals surface area (Å²) < 4.78 is 15.0. The number of nitrogens with two attached hydrogens (primary N) is 2. The van der Waals surface area contributed by atoms with Gasteiger partial charge in [0, 0.05) is 23.3 Å². The maximum atomic E-state index is 12.9. The molecule has 1 saturated carbocycles. The zero-order valence-corrected chi connectivity index (χ0v) is 18.1. The van der Waals surface area contributed by atoms with Gasteiger partial charge in [-0.15, -0.1) is 0 Å². The largest absolute Gasteiger partial charge is 0.369 e. The fraction of sp³-hybridized carbons (Fsp3) is 0.476. The minimum absolute atomic E-state index is 0.243. The molecule has 1 aliphatic heterocycles. The summed E-state index contributed by atoms with van der Waals surface area (Å²) in [6, 6.07) is 7.70. The van der Waals surface area contributed by atoms with E-state index >= 15 is 0 Å². The molecule has 1 unspecified atom stereocenters. The van der Waals surface area contributed by atoms with E-state index in [1.165, 1.54) is 6.42 Å². The predicted octanol–water partition coefficient (Wildman–Crippen LogP) is 2.71. The summed E-state index contributed by atoms with van der Waals surface area (Å²) >= 11 is 0. The molecular weight excluding hydrogens is 398 g/mol. The van der Waals surface area contributed by atoms with Crippen molar-refractivity contribution >= 4 is 28.4 Å². The van der Waals surface area contributed by atoms with Gasteiger partial charge < -0.3 is 16.0 Å². The van der Waals surface area contributed by atoms with Crippen LogP contribution in [0, 0.1) is 0 Å². The zero-order valence-electron chi connectivity index (χ0n) is 17.3. The third-order valence-corrected chi connectivity index (χ3v) is 7.11. The second-order valence-electron chi connectivity index (χ2n) is 7.88. The fourth-order valence-corrected chi connectivity index (χ4v) is 5.49. The normalized spacial score (nSPS) is 19.4. The highest BCUT2D eigenvalue weighted by Gasteiger charge is 2.42. The maximum Gasteiger partial charge on any atom is 0.220 e. The minimum atomic E-state index is -1.16. The van der Waals surface area contributed by atoms with Crippen LogP contribution in [-0.2, 0) is 23.1 Å². The monoisotopic (exact) mass is 427 g/mol. The molecule has 0 amide bonds. The number of anilines is 1. The number of rotatable bonds is 6. The van der Waals surface area contributed by atoms with Gasteiger partial charge in [-0.1, -0.05) is 13.3 Å². The first-order valence-corrected chi connectivity index (χ1v) is 11.8. The van der Waals surface area contributed by atoms with Gasteiger partial charge in [0.05, 0.1) is 28.6 Å². The van der Waals surface area contributed by atoms with Crippen LogP contribution in [0.5, 0.6) is 0 Å². The summed E-state index contributed by atoms with van der Waals surface area (Å²) in [5.74, 6) is 1.05. The molecule has 160 valence electrons. The molecule has 2 aliphatic rings. The van der Waals surface area contributed by atoms with Crippen LogP contribution in [0.25, 0.3) is 0 Å². The average Bonchev–Trinajstić information content (AvgIpc) is 3.15. The molecule has 1 aromatic heterocycles. The molecule has 1 spiro atoms. The molecule has 0 radical (unpaired) electrons.